The van der Waals surface area contributed by atoms with Gasteiger partial charge in [0.25, 0.3) is 0 Å². The van der Waals surface area contributed by atoms with E-state index in [1.165, 1.54) is 25.7 Å². The second-order valence-electron chi connectivity index (χ2n) is 4.00. The van der Waals surface area contributed by atoms with E-state index >= 15 is 0 Å². The van der Waals surface area contributed by atoms with Crippen LogP contribution in [0.1, 0.15) is 59.8 Å². The van der Waals surface area contributed by atoms with Crippen molar-refractivity contribution in [3.63, 3.8) is 0 Å². The Morgan fingerprint density at radius 2 is 1.83 bits per heavy atom. The molecule has 12 heavy (non-hydrogen) atoms. The lowest BCUT2D eigenvalue weighted by Gasteiger charge is -2.34. The molecule has 1 heteroatoms. The van der Waals surface area contributed by atoms with Gasteiger partial charge in [-0.25, -0.2) is 0 Å². The number of unbranched alkanes of at least 4 members (excludes halogenated alkanes) is 1. The Labute approximate surface area is 77.7 Å². The van der Waals surface area contributed by atoms with Crippen molar-refractivity contribution in [3.8, 4) is 0 Å². The summed E-state index contributed by atoms with van der Waals surface area (Å²) in [6.45, 7) is 8.95. The van der Waals surface area contributed by atoms with Crippen LogP contribution in [0.3, 0.4) is 0 Å². The maximum Gasteiger partial charge on any atom is 0.0177 e. The van der Waals surface area contributed by atoms with Crippen molar-refractivity contribution >= 4 is 0 Å². The molecule has 0 saturated heterocycles. The molecule has 2 atom stereocenters. The molecule has 0 fully saturated rings. The van der Waals surface area contributed by atoms with Gasteiger partial charge >= 0.3 is 0 Å². The highest BCUT2D eigenvalue weighted by molar-refractivity contribution is 4.86. The van der Waals surface area contributed by atoms with Crippen LogP contribution in [0.15, 0.2) is 0 Å². The topological polar surface area (TPSA) is 26.0 Å². The standard InChI is InChI=1S/C11H25N/c1-5-8-9-11(12,7-3)10(4)6-2/h10H,5-9,12H2,1-4H3. The Hall–Kier alpha value is -0.0400. The summed E-state index contributed by atoms with van der Waals surface area (Å²) in [6, 6.07) is 0. The van der Waals surface area contributed by atoms with E-state index in [9.17, 15) is 0 Å². The molecule has 74 valence electrons. The van der Waals surface area contributed by atoms with Crippen molar-refractivity contribution in [2.24, 2.45) is 11.7 Å². The van der Waals surface area contributed by atoms with Gasteiger partial charge in [0.15, 0.2) is 0 Å². The van der Waals surface area contributed by atoms with Crippen LogP contribution in [0.25, 0.3) is 0 Å². The smallest absolute Gasteiger partial charge is 0.0177 e. The zero-order chi connectivity index (χ0) is 9.61. The third-order valence-corrected chi connectivity index (χ3v) is 3.25. The van der Waals surface area contributed by atoms with E-state index in [0.29, 0.717) is 5.92 Å². The largest absolute Gasteiger partial charge is 0.325 e. The predicted molar refractivity (Wildman–Crippen MR) is 56.2 cm³/mol. The molecule has 2 unspecified atom stereocenters. The second-order valence-corrected chi connectivity index (χ2v) is 4.00. The minimum Gasteiger partial charge on any atom is -0.325 e. The van der Waals surface area contributed by atoms with Crippen molar-refractivity contribution in [1.29, 1.82) is 0 Å². The van der Waals surface area contributed by atoms with E-state index < -0.39 is 0 Å². The number of hydrogen-bond donors (Lipinski definition) is 1. The van der Waals surface area contributed by atoms with Gasteiger partial charge in [0.1, 0.15) is 0 Å². The van der Waals surface area contributed by atoms with Gasteiger partial charge in [-0.2, -0.15) is 0 Å². The first-order valence-electron chi connectivity index (χ1n) is 5.39. The monoisotopic (exact) mass is 171 g/mol. The molecule has 0 amide bonds. The van der Waals surface area contributed by atoms with Gasteiger partial charge < -0.3 is 5.73 Å². The molecule has 0 saturated carbocycles. The summed E-state index contributed by atoms with van der Waals surface area (Å²) in [5.74, 6) is 0.661. The molecule has 0 rings (SSSR count). The summed E-state index contributed by atoms with van der Waals surface area (Å²) in [7, 11) is 0. The first-order chi connectivity index (χ1) is 5.60. The lowest BCUT2D eigenvalue weighted by Crippen LogP contribution is -2.45. The molecule has 0 aliphatic heterocycles. The van der Waals surface area contributed by atoms with Crippen LogP contribution in [0.2, 0.25) is 0 Å². The van der Waals surface area contributed by atoms with Crippen molar-refractivity contribution in [2.45, 2.75) is 65.3 Å². The summed E-state index contributed by atoms with van der Waals surface area (Å²) in [5.41, 5.74) is 6.44. The zero-order valence-electron chi connectivity index (χ0n) is 9.19. The first kappa shape index (κ1) is 12.0. The Morgan fingerprint density at radius 3 is 2.17 bits per heavy atom. The normalized spacial score (nSPS) is 18.8. The minimum absolute atomic E-state index is 0.102. The first-order valence-corrected chi connectivity index (χ1v) is 5.39. The Balaban J connectivity index is 4.03. The third kappa shape index (κ3) is 3.14. The predicted octanol–water partition coefficient (Wildman–Crippen LogP) is 3.33. The van der Waals surface area contributed by atoms with Crippen molar-refractivity contribution in [2.75, 3.05) is 0 Å². The summed E-state index contributed by atoms with van der Waals surface area (Å²) in [5, 5.41) is 0. The molecule has 0 spiro atoms. The number of nitrogens with two attached hydrogens (primary N) is 1. The molecule has 1 nitrogen and oxygen atoms in total. The quantitative estimate of drug-likeness (QED) is 0.652. The fourth-order valence-corrected chi connectivity index (χ4v) is 1.68. The summed E-state index contributed by atoms with van der Waals surface area (Å²) in [6.07, 6.45) is 6.04. The Bertz CT molecular complexity index is 112. The van der Waals surface area contributed by atoms with E-state index in [-0.39, 0.29) is 5.54 Å². The van der Waals surface area contributed by atoms with E-state index in [4.69, 9.17) is 5.73 Å². The molecule has 0 aromatic carbocycles. The van der Waals surface area contributed by atoms with Gasteiger partial charge in [0, 0.05) is 5.54 Å². The molecule has 0 aromatic heterocycles. The Kier molecular flexibility index (Phi) is 5.56. The zero-order valence-corrected chi connectivity index (χ0v) is 9.19. The van der Waals surface area contributed by atoms with Gasteiger partial charge in [0.05, 0.1) is 0 Å². The van der Waals surface area contributed by atoms with Crippen LogP contribution in [-0.2, 0) is 0 Å². The summed E-state index contributed by atoms with van der Waals surface area (Å²) >= 11 is 0. The lowest BCUT2D eigenvalue weighted by molar-refractivity contribution is 0.248. The fraction of sp³-hybridized carbons (Fsp3) is 1.00. The van der Waals surface area contributed by atoms with Crippen molar-refractivity contribution in [3.05, 3.63) is 0 Å². The molecule has 0 aliphatic rings. The average Bonchev–Trinajstić information content (AvgIpc) is 2.12. The van der Waals surface area contributed by atoms with Gasteiger partial charge in [-0.15, -0.1) is 0 Å². The van der Waals surface area contributed by atoms with Crippen LogP contribution in [0.5, 0.6) is 0 Å². The molecule has 0 aliphatic carbocycles. The molecule has 0 radical (unpaired) electrons. The highest BCUT2D eigenvalue weighted by Gasteiger charge is 2.27. The van der Waals surface area contributed by atoms with Gasteiger partial charge in [0.2, 0.25) is 0 Å². The second kappa shape index (κ2) is 5.58. The lowest BCUT2D eigenvalue weighted by atomic mass is 9.78. The Morgan fingerprint density at radius 1 is 1.25 bits per heavy atom. The summed E-state index contributed by atoms with van der Waals surface area (Å²) < 4.78 is 0. The van der Waals surface area contributed by atoms with Gasteiger partial charge in [-0.1, -0.05) is 47.0 Å². The van der Waals surface area contributed by atoms with Crippen molar-refractivity contribution < 1.29 is 0 Å². The average molecular weight is 171 g/mol. The number of hydrogen-bond acceptors (Lipinski definition) is 1. The molecule has 0 bridgehead atoms. The molecule has 2 N–H and O–H groups in total. The number of rotatable bonds is 6. The molecule has 0 aromatic rings. The third-order valence-electron chi connectivity index (χ3n) is 3.25. The van der Waals surface area contributed by atoms with Gasteiger partial charge in [-0.05, 0) is 18.8 Å². The van der Waals surface area contributed by atoms with Crippen LogP contribution in [0.4, 0.5) is 0 Å². The maximum atomic E-state index is 6.34. The van der Waals surface area contributed by atoms with E-state index in [0.717, 1.165) is 6.42 Å². The highest BCUT2D eigenvalue weighted by Crippen LogP contribution is 2.26. The van der Waals surface area contributed by atoms with Crippen LogP contribution in [-0.4, -0.2) is 5.54 Å². The minimum atomic E-state index is 0.102. The van der Waals surface area contributed by atoms with Gasteiger partial charge in [-0.3, -0.25) is 0 Å². The molecule has 0 heterocycles. The molecular formula is C11H25N. The molecular weight excluding hydrogens is 146 g/mol. The van der Waals surface area contributed by atoms with E-state index in [2.05, 4.69) is 27.7 Å². The van der Waals surface area contributed by atoms with Crippen LogP contribution >= 0.6 is 0 Å². The van der Waals surface area contributed by atoms with E-state index in [1.807, 2.05) is 0 Å². The summed E-state index contributed by atoms with van der Waals surface area (Å²) in [4.78, 5) is 0. The van der Waals surface area contributed by atoms with Crippen molar-refractivity contribution in [1.82, 2.24) is 0 Å². The highest BCUT2D eigenvalue weighted by atomic mass is 14.7. The SMILES string of the molecule is CCCCC(N)(CC)C(C)CC. The fourth-order valence-electron chi connectivity index (χ4n) is 1.68. The maximum absolute atomic E-state index is 6.34. The van der Waals surface area contributed by atoms with Crippen LogP contribution in [0, 0.1) is 5.92 Å². The van der Waals surface area contributed by atoms with E-state index in [1.54, 1.807) is 0 Å². The van der Waals surface area contributed by atoms with Crippen LogP contribution < -0.4 is 5.73 Å².